The predicted octanol–water partition coefficient (Wildman–Crippen LogP) is 1.46. The van der Waals surface area contributed by atoms with E-state index in [0.29, 0.717) is 18.8 Å². The number of hydrogen-bond donors (Lipinski definition) is 1. The maximum Gasteiger partial charge on any atom is 0.214 e. The maximum atomic E-state index is 11.8. The summed E-state index contributed by atoms with van der Waals surface area (Å²) in [5, 5.41) is -0.168. The molecule has 0 unspecified atom stereocenters. The lowest BCUT2D eigenvalue weighted by Gasteiger charge is -2.12. The Bertz CT molecular complexity index is 400. The van der Waals surface area contributed by atoms with Crippen LogP contribution in [0.3, 0.4) is 0 Å². The number of hydrogen-bond acceptors (Lipinski definition) is 3. The van der Waals surface area contributed by atoms with E-state index >= 15 is 0 Å². The lowest BCUT2D eigenvalue weighted by Crippen LogP contribution is -2.35. The Hall–Kier alpha value is -0.420. The summed E-state index contributed by atoms with van der Waals surface area (Å²) >= 11 is 0. The van der Waals surface area contributed by atoms with Gasteiger partial charge in [-0.05, 0) is 31.6 Å². The Morgan fingerprint density at radius 2 is 1.94 bits per heavy atom. The van der Waals surface area contributed by atoms with E-state index in [1.807, 2.05) is 13.8 Å². The van der Waals surface area contributed by atoms with E-state index in [2.05, 4.69) is 4.72 Å². The fraction of sp³-hybridized carbons (Fsp3) is 0.917. The predicted molar refractivity (Wildman–Crippen MR) is 66.1 cm³/mol. The summed E-state index contributed by atoms with van der Waals surface area (Å²) in [5.74, 6) is 0.617. The van der Waals surface area contributed by atoms with Crippen LogP contribution in [0.25, 0.3) is 0 Å². The summed E-state index contributed by atoms with van der Waals surface area (Å²) < 4.78 is 26.4. The van der Waals surface area contributed by atoms with Crippen molar-refractivity contribution in [3.05, 3.63) is 0 Å². The molecular weight excluding hydrogens is 238 g/mol. The second-order valence-corrected chi connectivity index (χ2v) is 7.43. The minimum absolute atomic E-state index is 0.0314. The standard InChI is InChI=1S/C12H21NO3S/c1-3-12(14)11-7-9(6-8(11)2)13-17(15,16)10-4-5-10/h8-11,13H,3-7H2,1-2H3/t8-,9+,11+/m1/s1. The molecule has 0 amide bonds. The lowest BCUT2D eigenvalue weighted by atomic mass is 9.92. The van der Waals surface area contributed by atoms with E-state index in [1.165, 1.54) is 0 Å². The summed E-state index contributed by atoms with van der Waals surface area (Å²) in [6, 6.07) is -0.0314. The first-order valence-electron chi connectivity index (χ1n) is 6.48. The van der Waals surface area contributed by atoms with Gasteiger partial charge in [-0.3, -0.25) is 4.79 Å². The van der Waals surface area contributed by atoms with E-state index in [-0.39, 0.29) is 23.0 Å². The molecule has 0 radical (unpaired) electrons. The van der Waals surface area contributed by atoms with Crippen LogP contribution < -0.4 is 4.72 Å². The van der Waals surface area contributed by atoms with Gasteiger partial charge in [-0.15, -0.1) is 0 Å². The van der Waals surface area contributed by atoms with E-state index < -0.39 is 10.0 Å². The van der Waals surface area contributed by atoms with Crippen molar-refractivity contribution in [1.82, 2.24) is 4.72 Å². The molecule has 0 aliphatic heterocycles. The third-order valence-corrected chi connectivity index (χ3v) is 5.95. The fourth-order valence-electron chi connectivity index (χ4n) is 2.76. The number of rotatable bonds is 5. The quantitative estimate of drug-likeness (QED) is 0.813. The second-order valence-electron chi connectivity index (χ2n) is 5.43. The molecule has 0 aromatic heterocycles. The Morgan fingerprint density at radius 1 is 1.29 bits per heavy atom. The summed E-state index contributed by atoms with van der Waals surface area (Å²) in [5.41, 5.74) is 0. The molecule has 0 saturated heterocycles. The zero-order valence-corrected chi connectivity index (χ0v) is 11.3. The van der Waals surface area contributed by atoms with Crippen molar-refractivity contribution < 1.29 is 13.2 Å². The monoisotopic (exact) mass is 259 g/mol. The van der Waals surface area contributed by atoms with Crippen molar-refractivity contribution in [3.63, 3.8) is 0 Å². The number of carbonyl (C=O) groups excluding carboxylic acids is 1. The van der Waals surface area contributed by atoms with E-state index in [1.54, 1.807) is 0 Å². The van der Waals surface area contributed by atoms with Crippen LogP contribution in [0.1, 0.15) is 46.0 Å². The molecule has 1 N–H and O–H groups in total. The molecule has 98 valence electrons. The molecule has 0 heterocycles. The molecule has 0 spiro atoms. The fourth-order valence-corrected chi connectivity index (χ4v) is 4.37. The normalized spacial score (nSPS) is 33.9. The van der Waals surface area contributed by atoms with Gasteiger partial charge >= 0.3 is 0 Å². The van der Waals surface area contributed by atoms with Gasteiger partial charge in [0.15, 0.2) is 0 Å². The van der Waals surface area contributed by atoms with Gasteiger partial charge in [0, 0.05) is 18.4 Å². The highest BCUT2D eigenvalue weighted by atomic mass is 32.2. The Labute approximate surface area is 103 Å². The third kappa shape index (κ3) is 2.88. The van der Waals surface area contributed by atoms with Crippen LogP contribution >= 0.6 is 0 Å². The summed E-state index contributed by atoms with van der Waals surface area (Å²) in [6.07, 6.45) is 3.60. The molecule has 0 bridgehead atoms. The zero-order chi connectivity index (χ0) is 12.6. The molecule has 2 fully saturated rings. The molecule has 0 aromatic carbocycles. The SMILES string of the molecule is CCC(=O)[C@H]1C[C@@H](NS(=O)(=O)C2CC2)C[C@H]1C. The highest BCUT2D eigenvalue weighted by Gasteiger charge is 2.41. The second kappa shape index (κ2) is 4.69. The minimum Gasteiger partial charge on any atom is -0.299 e. The highest BCUT2D eigenvalue weighted by molar-refractivity contribution is 7.90. The van der Waals surface area contributed by atoms with Crippen LogP contribution in [0.2, 0.25) is 0 Å². The smallest absolute Gasteiger partial charge is 0.214 e. The molecule has 2 aliphatic carbocycles. The first-order valence-corrected chi connectivity index (χ1v) is 8.02. The van der Waals surface area contributed by atoms with Crippen molar-refractivity contribution in [2.45, 2.75) is 57.2 Å². The molecule has 2 rings (SSSR count). The maximum absolute atomic E-state index is 11.8. The van der Waals surface area contributed by atoms with Crippen molar-refractivity contribution in [1.29, 1.82) is 0 Å². The molecule has 5 heteroatoms. The number of Topliss-reactive ketones (excluding diaryl/α,β-unsaturated/α-hetero) is 1. The Morgan fingerprint density at radius 3 is 2.47 bits per heavy atom. The van der Waals surface area contributed by atoms with E-state index in [9.17, 15) is 13.2 Å². The lowest BCUT2D eigenvalue weighted by molar-refractivity contribution is -0.123. The largest absolute Gasteiger partial charge is 0.299 e. The van der Waals surface area contributed by atoms with Crippen LogP contribution in [0.5, 0.6) is 0 Å². The molecule has 2 saturated carbocycles. The van der Waals surface area contributed by atoms with Crippen LogP contribution in [-0.2, 0) is 14.8 Å². The van der Waals surface area contributed by atoms with Crippen LogP contribution in [0, 0.1) is 11.8 Å². The van der Waals surface area contributed by atoms with Gasteiger partial charge in [-0.2, -0.15) is 0 Å². The molecule has 2 aliphatic rings. The highest BCUT2D eigenvalue weighted by Crippen LogP contribution is 2.35. The summed E-state index contributed by atoms with van der Waals surface area (Å²) in [7, 11) is -3.11. The molecule has 4 nitrogen and oxygen atoms in total. The first kappa shape index (κ1) is 13.0. The minimum atomic E-state index is -3.11. The Balaban J connectivity index is 1.95. The average Bonchev–Trinajstić information content (AvgIpc) is 3.04. The summed E-state index contributed by atoms with van der Waals surface area (Å²) in [6.45, 7) is 3.92. The van der Waals surface area contributed by atoms with Gasteiger partial charge in [-0.25, -0.2) is 13.1 Å². The zero-order valence-electron chi connectivity index (χ0n) is 10.5. The molecule has 0 aromatic rings. The van der Waals surface area contributed by atoms with Crippen LogP contribution in [0.15, 0.2) is 0 Å². The van der Waals surface area contributed by atoms with Gasteiger partial charge in [0.2, 0.25) is 10.0 Å². The van der Waals surface area contributed by atoms with Crippen molar-refractivity contribution >= 4 is 15.8 Å². The number of carbonyl (C=O) groups is 1. The number of nitrogens with one attached hydrogen (secondary N) is 1. The number of ketones is 1. The van der Waals surface area contributed by atoms with Gasteiger partial charge in [0.1, 0.15) is 5.78 Å². The molecular formula is C12H21NO3S. The van der Waals surface area contributed by atoms with E-state index in [4.69, 9.17) is 0 Å². The first-order chi connectivity index (χ1) is 7.94. The molecule has 17 heavy (non-hydrogen) atoms. The summed E-state index contributed by atoms with van der Waals surface area (Å²) in [4.78, 5) is 11.7. The average molecular weight is 259 g/mol. The van der Waals surface area contributed by atoms with Crippen LogP contribution in [-0.4, -0.2) is 25.5 Å². The molecule has 3 atom stereocenters. The number of sulfonamides is 1. The van der Waals surface area contributed by atoms with Crippen molar-refractivity contribution in [3.8, 4) is 0 Å². The van der Waals surface area contributed by atoms with Gasteiger partial charge in [0.25, 0.3) is 0 Å². The topological polar surface area (TPSA) is 63.2 Å². The third-order valence-electron chi connectivity index (χ3n) is 3.94. The van der Waals surface area contributed by atoms with Crippen LogP contribution in [0.4, 0.5) is 0 Å². The van der Waals surface area contributed by atoms with Crippen molar-refractivity contribution in [2.24, 2.45) is 11.8 Å². The van der Waals surface area contributed by atoms with Gasteiger partial charge in [0.05, 0.1) is 5.25 Å². The van der Waals surface area contributed by atoms with Gasteiger partial charge < -0.3 is 0 Å². The Kier molecular flexibility index (Phi) is 3.59. The van der Waals surface area contributed by atoms with E-state index in [0.717, 1.165) is 19.3 Å². The van der Waals surface area contributed by atoms with Crippen molar-refractivity contribution in [2.75, 3.05) is 0 Å². The van der Waals surface area contributed by atoms with Gasteiger partial charge in [-0.1, -0.05) is 13.8 Å².